The second-order valence-corrected chi connectivity index (χ2v) is 9.21. The summed E-state index contributed by atoms with van der Waals surface area (Å²) < 4.78 is 27.2. The lowest BCUT2D eigenvalue weighted by atomic mass is 9.87. The number of aromatic nitrogens is 3. The monoisotopic (exact) mass is 387 g/mol. The molecule has 142 valence electrons. The van der Waals surface area contributed by atoms with Crippen LogP contribution >= 0.6 is 0 Å². The van der Waals surface area contributed by atoms with E-state index in [-0.39, 0.29) is 38.2 Å². The van der Waals surface area contributed by atoms with E-state index in [0.717, 1.165) is 5.56 Å². The summed E-state index contributed by atoms with van der Waals surface area (Å²) in [7, 11) is -3.88. The Bertz CT molecular complexity index is 1090. The van der Waals surface area contributed by atoms with E-state index in [9.17, 15) is 18.6 Å². The molecule has 3 rings (SSSR count). The SMILES string of the molecule is Cc1c(S(=O)(=O)c2ccc(C(C)(C)C)cc2)nnn1-c1cc(O)ccc1O. The van der Waals surface area contributed by atoms with Gasteiger partial charge in [0.25, 0.3) is 0 Å². The number of nitrogens with zero attached hydrogens (tertiary/aromatic N) is 3. The van der Waals surface area contributed by atoms with Crippen LogP contribution < -0.4 is 0 Å². The Balaban J connectivity index is 2.06. The normalized spacial score (nSPS) is 12.3. The van der Waals surface area contributed by atoms with Crippen LogP contribution in [0.4, 0.5) is 0 Å². The molecule has 27 heavy (non-hydrogen) atoms. The van der Waals surface area contributed by atoms with Crippen molar-refractivity contribution < 1.29 is 18.6 Å². The van der Waals surface area contributed by atoms with Crippen LogP contribution in [0, 0.1) is 6.92 Å². The van der Waals surface area contributed by atoms with Gasteiger partial charge in [0.2, 0.25) is 14.9 Å². The van der Waals surface area contributed by atoms with Gasteiger partial charge in [0.15, 0.2) is 0 Å². The molecule has 1 heterocycles. The number of phenols is 2. The second-order valence-electron chi connectivity index (χ2n) is 7.34. The van der Waals surface area contributed by atoms with E-state index < -0.39 is 9.84 Å². The molecule has 0 unspecified atom stereocenters. The lowest BCUT2D eigenvalue weighted by molar-refractivity contribution is 0.455. The number of hydrogen-bond acceptors (Lipinski definition) is 6. The lowest BCUT2D eigenvalue weighted by Crippen LogP contribution is -2.11. The standard InChI is InChI=1S/C19H21N3O4S/c1-12-18(20-21-22(12)16-11-14(23)7-10-17(16)24)27(25,26)15-8-5-13(6-9-15)19(2,3)4/h5-11,23-24H,1-4H3. The first-order valence-corrected chi connectivity index (χ1v) is 9.80. The second kappa shape index (κ2) is 6.38. The Kier molecular flexibility index (Phi) is 4.47. The van der Waals surface area contributed by atoms with E-state index in [1.807, 2.05) is 20.8 Å². The third kappa shape index (κ3) is 3.40. The maximum atomic E-state index is 13.0. The van der Waals surface area contributed by atoms with Crippen LogP contribution in [0.2, 0.25) is 0 Å². The predicted molar refractivity (Wildman–Crippen MR) is 100 cm³/mol. The molecule has 0 amide bonds. The molecule has 0 spiro atoms. The topological polar surface area (TPSA) is 105 Å². The minimum atomic E-state index is -3.88. The van der Waals surface area contributed by atoms with Crippen molar-refractivity contribution in [1.82, 2.24) is 15.0 Å². The van der Waals surface area contributed by atoms with Gasteiger partial charge in [-0.15, -0.1) is 5.10 Å². The fraction of sp³-hybridized carbons (Fsp3) is 0.263. The van der Waals surface area contributed by atoms with Gasteiger partial charge in [0.1, 0.15) is 17.2 Å². The highest BCUT2D eigenvalue weighted by molar-refractivity contribution is 7.91. The molecule has 0 bridgehead atoms. The highest BCUT2D eigenvalue weighted by Crippen LogP contribution is 2.30. The van der Waals surface area contributed by atoms with Gasteiger partial charge < -0.3 is 10.2 Å². The van der Waals surface area contributed by atoms with Gasteiger partial charge in [-0.2, -0.15) is 0 Å². The number of aromatic hydroxyl groups is 2. The van der Waals surface area contributed by atoms with E-state index in [2.05, 4.69) is 10.3 Å². The van der Waals surface area contributed by atoms with Crippen molar-refractivity contribution in [1.29, 1.82) is 0 Å². The molecule has 2 N–H and O–H groups in total. The number of rotatable bonds is 3. The summed E-state index contributed by atoms with van der Waals surface area (Å²) in [4.78, 5) is 0.116. The first-order valence-electron chi connectivity index (χ1n) is 8.32. The van der Waals surface area contributed by atoms with Crippen LogP contribution in [0.3, 0.4) is 0 Å². The van der Waals surface area contributed by atoms with E-state index in [0.29, 0.717) is 0 Å². The van der Waals surface area contributed by atoms with Crippen LogP contribution in [-0.2, 0) is 15.3 Å². The molecule has 0 aliphatic carbocycles. The smallest absolute Gasteiger partial charge is 0.227 e. The van der Waals surface area contributed by atoms with Crippen LogP contribution in [-0.4, -0.2) is 33.6 Å². The Labute approximate surface area is 157 Å². The number of sulfone groups is 1. The van der Waals surface area contributed by atoms with E-state index in [1.165, 1.54) is 22.9 Å². The van der Waals surface area contributed by atoms with Crippen molar-refractivity contribution in [2.45, 2.75) is 43.0 Å². The molecule has 2 aromatic carbocycles. The first-order chi connectivity index (χ1) is 12.5. The van der Waals surface area contributed by atoms with Crippen molar-refractivity contribution in [2.75, 3.05) is 0 Å². The molecule has 0 fully saturated rings. The summed E-state index contributed by atoms with van der Waals surface area (Å²) in [6, 6.07) is 10.6. The van der Waals surface area contributed by atoms with Crippen LogP contribution in [0.1, 0.15) is 32.0 Å². The molecular weight excluding hydrogens is 366 g/mol. The first kappa shape index (κ1) is 18.9. The zero-order valence-electron chi connectivity index (χ0n) is 15.5. The highest BCUT2D eigenvalue weighted by atomic mass is 32.2. The molecule has 7 nitrogen and oxygen atoms in total. The van der Waals surface area contributed by atoms with Crippen LogP contribution in [0.25, 0.3) is 5.69 Å². The average molecular weight is 387 g/mol. The van der Waals surface area contributed by atoms with Crippen molar-refractivity contribution >= 4 is 9.84 Å². The number of hydrogen-bond donors (Lipinski definition) is 2. The molecule has 0 saturated heterocycles. The molecule has 0 atom stereocenters. The van der Waals surface area contributed by atoms with Gasteiger partial charge in [0.05, 0.1) is 10.6 Å². The quantitative estimate of drug-likeness (QED) is 0.669. The minimum Gasteiger partial charge on any atom is -0.508 e. The van der Waals surface area contributed by atoms with E-state index in [1.54, 1.807) is 31.2 Å². The summed E-state index contributed by atoms with van der Waals surface area (Å²) in [5.74, 6) is -0.237. The van der Waals surface area contributed by atoms with Gasteiger partial charge >= 0.3 is 0 Å². The third-order valence-electron chi connectivity index (χ3n) is 4.32. The molecule has 0 aliphatic rings. The zero-order chi connectivity index (χ0) is 20.0. The molecule has 0 radical (unpaired) electrons. The summed E-state index contributed by atoms with van der Waals surface area (Å²) in [6.07, 6.45) is 0. The van der Waals surface area contributed by atoms with Gasteiger partial charge in [-0.3, -0.25) is 0 Å². The molecule has 1 aromatic heterocycles. The van der Waals surface area contributed by atoms with Crippen molar-refractivity contribution in [3.05, 3.63) is 53.7 Å². The van der Waals surface area contributed by atoms with Gasteiger partial charge in [0, 0.05) is 6.07 Å². The Morgan fingerprint density at radius 2 is 1.63 bits per heavy atom. The van der Waals surface area contributed by atoms with E-state index >= 15 is 0 Å². The Morgan fingerprint density at radius 1 is 1.00 bits per heavy atom. The van der Waals surface area contributed by atoms with Crippen molar-refractivity contribution in [3.63, 3.8) is 0 Å². The molecule has 0 saturated carbocycles. The fourth-order valence-corrected chi connectivity index (χ4v) is 4.06. The van der Waals surface area contributed by atoms with Crippen LogP contribution in [0.5, 0.6) is 11.5 Å². The Morgan fingerprint density at radius 3 is 2.22 bits per heavy atom. The minimum absolute atomic E-state index is 0.0834. The van der Waals surface area contributed by atoms with Gasteiger partial charge in [-0.25, -0.2) is 13.1 Å². The summed E-state index contributed by atoms with van der Waals surface area (Å²) in [6.45, 7) is 7.69. The summed E-state index contributed by atoms with van der Waals surface area (Å²) in [5.41, 5.74) is 1.31. The molecule has 8 heteroatoms. The number of phenolic OH excluding ortho intramolecular Hbond substituents is 2. The summed E-state index contributed by atoms with van der Waals surface area (Å²) in [5, 5.41) is 27.1. The van der Waals surface area contributed by atoms with Gasteiger partial charge in [-0.1, -0.05) is 38.1 Å². The van der Waals surface area contributed by atoms with Crippen molar-refractivity contribution in [3.8, 4) is 17.2 Å². The Hall–Kier alpha value is -2.87. The molecular formula is C19H21N3O4S. The predicted octanol–water partition coefficient (Wildman–Crippen LogP) is 3.12. The number of benzene rings is 2. The largest absolute Gasteiger partial charge is 0.508 e. The average Bonchev–Trinajstić information content (AvgIpc) is 2.98. The van der Waals surface area contributed by atoms with E-state index in [4.69, 9.17) is 0 Å². The molecule has 3 aromatic rings. The fourth-order valence-electron chi connectivity index (χ4n) is 2.72. The van der Waals surface area contributed by atoms with Crippen LogP contribution in [0.15, 0.2) is 52.4 Å². The summed E-state index contributed by atoms with van der Waals surface area (Å²) >= 11 is 0. The third-order valence-corrected chi connectivity index (χ3v) is 6.10. The van der Waals surface area contributed by atoms with Gasteiger partial charge in [-0.05, 0) is 42.2 Å². The molecule has 0 aliphatic heterocycles. The maximum absolute atomic E-state index is 13.0. The lowest BCUT2D eigenvalue weighted by Gasteiger charge is -2.19. The highest BCUT2D eigenvalue weighted by Gasteiger charge is 2.27. The zero-order valence-corrected chi connectivity index (χ0v) is 16.3. The van der Waals surface area contributed by atoms with Crippen molar-refractivity contribution in [2.24, 2.45) is 0 Å². The maximum Gasteiger partial charge on any atom is 0.227 e.